The molecule has 13 heavy (non-hydrogen) atoms. The van der Waals surface area contributed by atoms with Crippen molar-refractivity contribution in [2.24, 2.45) is 5.73 Å². The van der Waals surface area contributed by atoms with E-state index in [2.05, 4.69) is 0 Å². The summed E-state index contributed by atoms with van der Waals surface area (Å²) in [5.41, 5.74) is 5.78. The van der Waals surface area contributed by atoms with Crippen LogP contribution < -0.4 is 5.73 Å². The SMILES string of the molecule is N#CC(N)c1cccc([N+](=O)[O-])c1. The fourth-order valence-corrected chi connectivity index (χ4v) is 0.906. The van der Waals surface area contributed by atoms with Crippen LogP contribution >= 0.6 is 0 Å². The minimum Gasteiger partial charge on any atom is -0.312 e. The summed E-state index contributed by atoms with van der Waals surface area (Å²) in [5, 5.41) is 18.8. The van der Waals surface area contributed by atoms with Crippen molar-refractivity contribution in [1.82, 2.24) is 0 Å². The molecular formula is C8H7N3O2. The van der Waals surface area contributed by atoms with E-state index in [1.807, 2.05) is 0 Å². The molecule has 0 aliphatic heterocycles. The molecule has 0 aromatic heterocycles. The summed E-state index contributed by atoms with van der Waals surface area (Å²) >= 11 is 0. The van der Waals surface area contributed by atoms with Crippen LogP contribution in [0.3, 0.4) is 0 Å². The molecule has 5 nitrogen and oxygen atoms in total. The van der Waals surface area contributed by atoms with Crippen LogP contribution in [0.5, 0.6) is 0 Å². The second-order valence-electron chi connectivity index (χ2n) is 2.46. The maximum Gasteiger partial charge on any atom is 0.269 e. The molecule has 0 fully saturated rings. The summed E-state index contributed by atoms with van der Waals surface area (Å²) in [4.78, 5) is 9.83. The smallest absolute Gasteiger partial charge is 0.269 e. The molecule has 0 aliphatic carbocycles. The standard InChI is InChI=1S/C8H7N3O2/c9-5-8(10)6-2-1-3-7(4-6)11(12)13/h1-4,8H,10H2. The van der Waals surface area contributed by atoms with E-state index < -0.39 is 11.0 Å². The van der Waals surface area contributed by atoms with Gasteiger partial charge in [-0.25, -0.2) is 0 Å². The van der Waals surface area contributed by atoms with Crippen LogP contribution in [0.2, 0.25) is 0 Å². The number of benzene rings is 1. The van der Waals surface area contributed by atoms with E-state index in [1.54, 1.807) is 12.1 Å². The van der Waals surface area contributed by atoms with Crippen molar-refractivity contribution in [2.45, 2.75) is 6.04 Å². The highest BCUT2D eigenvalue weighted by Gasteiger charge is 2.09. The lowest BCUT2D eigenvalue weighted by Gasteiger charge is -2.01. The summed E-state index contributed by atoms with van der Waals surface area (Å²) in [5.74, 6) is 0. The average molecular weight is 177 g/mol. The zero-order valence-corrected chi connectivity index (χ0v) is 6.68. The molecule has 0 aliphatic rings. The minimum absolute atomic E-state index is 0.0526. The van der Waals surface area contributed by atoms with Crippen molar-refractivity contribution in [3.63, 3.8) is 0 Å². The Morgan fingerprint density at radius 1 is 1.62 bits per heavy atom. The van der Waals surface area contributed by atoms with Gasteiger partial charge in [-0.3, -0.25) is 10.1 Å². The van der Waals surface area contributed by atoms with E-state index in [1.165, 1.54) is 18.2 Å². The molecule has 1 atom stereocenters. The Morgan fingerprint density at radius 2 is 2.31 bits per heavy atom. The van der Waals surface area contributed by atoms with Gasteiger partial charge in [-0.1, -0.05) is 12.1 Å². The molecule has 5 heteroatoms. The van der Waals surface area contributed by atoms with Crippen LogP contribution in [0, 0.1) is 21.4 Å². The van der Waals surface area contributed by atoms with E-state index in [9.17, 15) is 10.1 Å². The lowest BCUT2D eigenvalue weighted by atomic mass is 10.1. The molecule has 2 N–H and O–H groups in total. The number of nitro benzene ring substituents is 1. The molecule has 0 saturated heterocycles. The number of nitriles is 1. The first-order valence-electron chi connectivity index (χ1n) is 3.54. The summed E-state index contributed by atoms with van der Waals surface area (Å²) in [6, 6.07) is 6.74. The third-order valence-electron chi connectivity index (χ3n) is 1.58. The Hall–Kier alpha value is -1.93. The van der Waals surface area contributed by atoms with Gasteiger partial charge in [-0.15, -0.1) is 0 Å². The molecule has 1 unspecified atom stereocenters. The van der Waals surface area contributed by atoms with E-state index in [0.29, 0.717) is 5.56 Å². The third-order valence-corrected chi connectivity index (χ3v) is 1.58. The Balaban J connectivity index is 3.07. The average Bonchev–Trinajstić information content (AvgIpc) is 2.17. The van der Waals surface area contributed by atoms with Gasteiger partial charge in [0.15, 0.2) is 0 Å². The molecule has 0 amide bonds. The van der Waals surface area contributed by atoms with Crippen LogP contribution in [0.15, 0.2) is 24.3 Å². The summed E-state index contributed by atoms with van der Waals surface area (Å²) in [6.45, 7) is 0. The van der Waals surface area contributed by atoms with Crippen molar-refractivity contribution in [3.8, 4) is 6.07 Å². The van der Waals surface area contributed by atoms with Gasteiger partial charge >= 0.3 is 0 Å². The van der Waals surface area contributed by atoms with E-state index in [4.69, 9.17) is 11.0 Å². The van der Waals surface area contributed by atoms with Crippen LogP contribution in [-0.2, 0) is 0 Å². The summed E-state index contributed by atoms with van der Waals surface area (Å²) in [6.07, 6.45) is 0. The van der Waals surface area contributed by atoms with Crippen molar-refractivity contribution in [3.05, 3.63) is 39.9 Å². The topological polar surface area (TPSA) is 93.0 Å². The highest BCUT2D eigenvalue weighted by atomic mass is 16.6. The number of nitrogens with zero attached hydrogens (tertiary/aromatic N) is 2. The van der Waals surface area contributed by atoms with Crippen LogP contribution in [0.25, 0.3) is 0 Å². The van der Waals surface area contributed by atoms with E-state index in [-0.39, 0.29) is 5.69 Å². The van der Waals surface area contributed by atoms with Gasteiger partial charge in [-0.05, 0) is 5.56 Å². The van der Waals surface area contributed by atoms with Crippen LogP contribution in [-0.4, -0.2) is 4.92 Å². The Bertz CT molecular complexity index is 370. The number of hydrogen-bond acceptors (Lipinski definition) is 4. The maximum absolute atomic E-state index is 10.3. The van der Waals surface area contributed by atoms with Gasteiger partial charge in [-0.2, -0.15) is 5.26 Å². The number of hydrogen-bond donors (Lipinski definition) is 1. The van der Waals surface area contributed by atoms with Crippen LogP contribution in [0.4, 0.5) is 5.69 Å². The van der Waals surface area contributed by atoms with Gasteiger partial charge in [0.05, 0.1) is 11.0 Å². The number of non-ortho nitro benzene ring substituents is 1. The molecule has 0 spiro atoms. The molecule has 0 heterocycles. The monoisotopic (exact) mass is 177 g/mol. The van der Waals surface area contributed by atoms with Gasteiger partial charge in [0.2, 0.25) is 0 Å². The Kier molecular flexibility index (Phi) is 2.57. The first-order chi connectivity index (χ1) is 6.15. The van der Waals surface area contributed by atoms with Gasteiger partial charge < -0.3 is 5.73 Å². The predicted molar refractivity (Wildman–Crippen MR) is 45.6 cm³/mol. The fourth-order valence-electron chi connectivity index (χ4n) is 0.906. The van der Waals surface area contributed by atoms with Crippen molar-refractivity contribution >= 4 is 5.69 Å². The Morgan fingerprint density at radius 3 is 2.85 bits per heavy atom. The second-order valence-corrected chi connectivity index (χ2v) is 2.46. The highest BCUT2D eigenvalue weighted by Crippen LogP contribution is 2.16. The van der Waals surface area contributed by atoms with Crippen molar-refractivity contribution < 1.29 is 4.92 Å². The lowest BCUT2D eigenvalue weighted by molar-refractivity contribution is -0.384. The van der Waals surface area contributed by atoms with E-state index >= 15 is 0 Å². The highest BCUT2D eigenvalue weighted by molar-refractivity contribution is 5.37. The summed E-state index contributed by atoms with van der Waals surface area (Å²) in [7, 11) is 0. The number of rotatable bonds is 2. The van der Waals surface area contributed by atoms with Crippen LogP contribution in [0.1, 0.15) is 11.6 Å². The Labute approximate surface area is 74.5 Å². The third kappa shape index (κ3) is 2.01. The number of nitro groups is 1. The lowest BCUT2D eigenvalue weighted by Crippen LogP contribution is -2.07. The van der Waals surface area contributed by atoms with E-state index in [0.717, 1.165) is 0 Å². The van der Waals surface area contributed by atoms with Gasteiger partial charge in [0.1, 0.15) is 6.04 Å². The van der Waals surface area contributed by atoms with Crippen molar-refractivity contribution in [2.75, 3.05) is 0 Å². The molecule has 1 rings (SSSR count). The van der Waals surface area contributed by atoms with Gasteiger partial charge in [0.25, 0.3) is 5.69 Å². The maximum atomic E-state index is 10.3. The molecule has 1 aromatic rings. The predicted octanol–water partition coefficient (Wildman–Crippen LogP) is 1.12. The number of nitrogens with two attached hydrogens (primary N) is 1. The molecule has 66 valence electrons. The van der Waals surface area contributed by atoms with Gasteiger partial charge in [0, 0.05) is 12.1 Å². The zero-order valence-electron chi connectivity index (χ0n) is 6.68. The molecule has 0 radical (unpaired) electrons. The zero-order chi connectivity index (χ0) is 9.84. The summed E-state index contributed by atoms with van der Waals surface area (Å²) < 4.78 is 0. The first-order valence-corrected chi connectivity index (χ1v) is 3.54. The molecule has 0 saturated carbocycles. The van der Waals surface area contributed by atoms with Crippen molar-refractivity contribution in [1.29, 1.82) is 5.26 Å². The quantitative estimate of drug-likeness (QED) is 0.541. The largest absolute Gasteiger partial charge is 0.312 e. The molecule has 1 aromatic carbocycles. The molecular weight excluding hydrogens is 170 g/mol. The minimum atomic E-state index is -0.806. The normalized spacial score (nSPS) is 11.7. The first kappa shape index (κ1) is 9.16. The fraction of sp³-hybridized carbons (Fsp3) is 0.125. The molecule has 0 bridgehead atoms. The second kappa shape index (κ2) is 3.65.